The van der Waals surface area contributed by atoms with Crippen molar-refractivity contribution in [1.82, 2.24) is 0 Å². The molecule has 0 aliphatic rings. The fraction of sp³-hybridized carbons (Fsp3) is 0.812. The molecule has 0 aromatic carbocycles. The zero-order valence-corrected chi connectivity index (χ0v) is 12.4. The Morgan fingerprint density at radius 3 is 2.39 bits per heavy atom. The van der Waals surface area contributed by atoms with Crippen LogP contribution in [0.5, 0.6) is 0 Å². The minimum Gasteiger partial charge on any atom is -0.466 e. The number of carbonyl (C=O) groups is 1. The molecular formula is C16H30O2. The van der Waals surface area contributed by atoms with Crippen LogP contribution in [-0.2, 0) is 9.53 Å². The summed E-state index contributed by atoms with van der Waals surface area (Å²) in [5.41, 5.74) is 0. The van der Waals surface area contributed by atoms with Gasteiger partial charge in [0.1, 0.15) is 0 Å². The van der Waals surface area contributed by atoms with Gasteiger partial charge in [0.2, 0.25) is 0 Å². The molecule has 0 aromatic rings. The summed E-state index contributed by atoms with van der Waals surface area (Å²) >= 11 is 0. The van der Waals surface area contributed by atoms with Crippen LogP contribution in [0.3, 0.4) is 0 Å². The molecule has 18 heavy (non-hydrogen) atoms. The second kappa shape index (κ2) is 12.7. The summed E-state index contributed by atoms with van der Waals surface area (Å²) in [4.78, 5) is 11.4. The summed E-state index contributed by atoms with van der Waals surface area (Å²) in [6.07, 6.45) is 12.9. The Hall–Kier alpha value is -0.790. The van der Waals surface area contributed by atoms with Crippen molar-refractivity contribution in [3.63, 3.8) is 0 Å². The SMILES string of the molecule is CCCC/C=C/CCCCC(=O)OCCC(C)C. The standard InChI is InChI=1S/C16H30O2/c1-4-5-6-7-8-9-10-11-12-16(17)18-14-13-15(2)3/h7-8,15H,4-6,9-14H2,1-3H3/b8-7+. The highest BCUT2D eigenvalue weighted by Gasteiger charge is 2.02. The number of rotatable bonds is 11. The van der Waals surface area contributed by atoms with Crippen LogP contribution in [0.15, 0.2) is 12.2 Å². The van der Waals surface area contributed by atoms with Crippen LogP contribution in [0.2, 0.25) is 0 Å². The molecule has 0 aliphatic carbocycles. The third kappa shape index (κ3) is 13.3. The number of esters is 1. The first-order valence-corrected chi connectivity index (χ1v) is 7.47. The van der Waals surface area contributed by atoms with Gasteiger partial charge < -0.3 is 4.74 Å². The second-order valence-electron chi connectivity index (χ2n) is 5.26. The minimum absolute atomic E-state index is 0.0365. The highest BCUT2D eigenvalue weighted by atomic mass is 16.5. The number of hydrogen-bond acceptors (Lipinski definition) is 2. The molecule has 0 bridgehead atoms. The molecule has 0 N–H and O–H groups in total. The normalized spacial score (nSPS) is 11.3. The van der Waals surface area contributed by atoms with E-state index in [0.717, 1.165) is 25.7 Å². The average Bonchev–Trinajstić information content (AvgIpc) is 2.32. The maximum absolute atomic E-state index is 11.4. The largest absolute Gasteiger partial charge is 0.466 e. The van der Waals surface area contributed by atoms with Crippen LogP contribution in [0, 0.1) is 5.92 Å². The summed E-state index contributed by atoms with van der Waals surface area (Å²) in [6.45, 7) is 7.06. The van der Waals surface area contributed by atoms with E-state index in [1.165, 1.54) is 19.3 Å². The summed E-state index contributed by atoms with van der Waals surface area (Å²) in [5, 5.41) is 0. The van der Waals surface area contributed by atoms with E-state index < -0.39 is 0 Å². The highest BCUT2D eigenvalue weighted by Crippen LogP contribution is 2.05. The number of ether oxygens (including phenoxy) is 1. The molecule has 2 nitrogen and oxygen atoms in total. The predicted octanol–water partition coefficient (Wildman–Crippen LogP) is 4.88. The lowest BCUT2D eigenvalue weighted by Gasteiger charge is -2.06. The summed E-state index contributed by atoms with van der Waals surface area (Å²) in [5.74, 6) is 0.566. The van der Waals surface area contributed by atoms with Crippen molar-refractivity contribution in [3.05, 3.63) is 12.2 Å². The smallest absolute Gasteiger partial charge is 0.305 e. The zero-order valence-electron chi connectivity index (χ0n) is 12.4. The molecule has 0 spiro atoms. The van der Waals surface area contributed by atoms with Crippen LogP contribution in [0.1, 0.15) is 72.1 Å². The third-order valence-electron chi connectivity index (χ3n) is 2.85. The van der Waals surface area contributed by atoms with E-state index in [9.17, 15) is 4.79 Å². The van der Waals surface area contributed by atoms with Crippen molar-refractivity contribution in [2.24, 2.45) is 5.92 Å². The minimum atomic E-state index is -0.0365. The van der Waals surface area contributed by atoms with Gasteiger partial charge >= 0.3 is 5.97 Å². The van der Waals surface area contributed by atoms with Gasteiger partial charge in [-0.05, 0) is 38.0 Å². The van der Waals surface area contributed by atoms with E-state index in [2.05, 4.69) is 32.9 Å². The van der Waals surface area contributed by atoms with Gasteiger partial charge in [0.15, 0.2) is 0 Å². The Bertz CT molecular complexity index is 219. The van der Waals surface area contributed by atoms with Gasteiger partial charge in [0.25, 0.3) is 0 Å². The molecular weight excluding hydrogens is 224 g/mol. The zero-order chi connectivity index (χ0) is 13.6. The Morgan fingerprint density at radius 1 is 1.11 bits per heavy atom. The van der Waals surface area contributed by atoms with E-state index in [0.29, 0.717) is 18.9 Å². The summed E-state index contributed by atoms with van der Waals surface area (Å²) < 4.78 is 5.16. The van der Waals surface area contributed by atoms with Crippen molar-refractivity contribution in [2.45, 2.75) is 72.1 Å². The first-order chi connectivity index (χ1) is 8.66. The van der Waals surface area contributed by atoms with Gasteiger partial charge in [0, 0.05) is 6.42 Å². The molecule has 0 aliphatic heterocycles. The van der Waals surface area contributed by atoms with Crippen LogP contribution in [0.4, 0.5) is 0 Å². The Kier molecular flexibility index (Phi) is 12.1. The van der Waals surface area contributed by atoms with Crippen LogP contribution >= 0.6 is 0 Å². The molecule has 0 heterocycles. The van der Waals surface area contributed by atoms with Gasteiger partial charge in [-0.15, -0.1) is 0 Å². The lowest BCUT2D eigenvalue weighted by atomic mass is 10.1. The first kappa shape index (κ1) is 17.2. The first-order valence-electron chi connectivity index (χ1n) is 7.47. The number of carbonyl (C=O) groups excluding carboxylic acids is 1. The molecule has 2 heteroatoms. The molecule has 0 unspecified atom stereocenters. The van der Waals surface area contributed by atoms with Gasteiger partial charge in [-0.1, -0.05) is 45.8 Å². The molecule has 0 amide bonds. The van der Waals surface area contributed by atoms with Crippen LogP contribution in [-0.4, -0.2) is 12.6 Å². The number of allylic oxidation sites excluding steroid dienone is 2. The van der Waals surface area contributed by atoms with E-state index >= 15 is 0 Å². The van der Waals surface area contributed by atoms with Crippen molar-refractivity contribution in [2.75, 3.05) is 6.61 Å². The van der Waals surface area contributed by atoms with E-state index in [4.69, 9.17) is 4.74 Å². The van der Waals surface area contributed by atoms with Crippen LogP contribution < -0.4 is 0 Å². The van der Waals surface area contributed by atoms with Crippen molar-refractivity contribution in [3.8, 4) is 0 Å². The number of unbranched alkanes of at least 4 members (excludes halogenated alkanes) is 4. The van der Waals surface area contributed by atoms with Crippen LogP contribution in [0.25, 0.3) is 0 Å². The average molecular weight is 254 g/mol. The van der Waals surface area contributed by atoms with Gasteiger partial charge in [-0.25, -0.2) is 0 Å². The van der Waals surface area contributed by atoms with E-state index in [-0.39, 0.29) is 5.97 Å². The van der Waals surface area contributed by atoms with Crippen molar-refractivity contribution in [1.29, 1.82) is 0 Å². The molecule has 0 fully saturated rings. The lowest BCUT2D eigenvalue weighted by molar-refractivity contribution is -0.144. The van der Waals surface area contributed by atoms with Gasteiger partial charge in [0.05, 0.1) is 6.61 Å². The molecule has 0 radical (unpaired) electrons. The van der Waals surface area contributed by atoms with Gasteiger partial charge in [-0.3, -0.25) is 4.79 Å². The molecule has 0 atom stereocenters. The maximum atomic E-state index is 11.4. The Labute approximate surface area is 113 Å². The maximum Gasteiger partial charge on any atom is 0.305 e. The molecule has 0 rings (SSSR count). The monoisotopic (exact) mass is 254 g/mol. The fourth-order valence-corrected chi connectivity index (χ4v) is 1.57. The Morgan fingerprint density at radius 2 is 1.78 bits per heavy atom. The Balaban J connectivity index is 3.27. The third-order valence-corrected chi connectivity index (χ3v) is 2.85. The highest BCUT2D eigenvalue weighted by molar-refractivity contribution is 5.69. The topological polar surface area (TPSA) is 26.3 Å². The quantitative estimate of drug-likeness (QED) is 0.298. The molecule has 106 valence electrons. The number of hydrogen-bond donors (Lipinski definition) is 0. The molecule has 0 aromatic heterocycles. The predicted molar refractivity (Wildman–Crippen MR) is 77.5 cm³/mol. The summed E-state index contributed by atoms with van der Waals surface area (Å²) in [7, 11) is 0. The fourth-order valence-electron chi connectivity index (χ4n) is 1.57. The van der Waals surface area contributed by atoms with E-state index in [1.54, 1.807) is 0 Å². The molecule has 0 saturated carbocycles. The van der Waals surface area contributed by atoms with Crippen molar-refractivity contribution < 1.29 is 9.53 Å². The van der Waals surface area contributed by atoms with Gasteiger partial charge in [-0.2, -0.15) is 0 Å². The van der Waals surface area contributed by atoms with E-state index in [1.807, 2.05) is 0 Å². The molecule has 0 saturated heterocycles. The summed E-state index contributed by atoms with van der Waals surface area (Å²) in [6, 6.07) is 0. The second-order valence-corrected chi connectivity index (χ2v) is 5.26. The van der Waals surface area contributed by atoms with Crippen molar-refractivity contribution >= 4 is 5.97 Å². The lowest BCUT2D eigenvalue weighted by Crippen LogP contribution is -2.07.